The summed E-state index contributed by atoms with van der Waals surface area (Å²) in [7, 11) is 0. The van der Waals surface area contributed by atoms with Gasteiger partial charge in [-0.1, -0.05) is 18.2 Å². The van der Waals surface area contributed by atoms with E-state index >= 15 is 0 Å². The second-order valence-electron chi connectivity index (χ2n) is 2.86. The van der Waals surface area contributed by atoms with Crippen molar-refractivity contribution in [1.29, 1.82) is 0 Å². The molecule has 0 saturated heterocycles. The number of aromatic hydroxyl groups is 1. The lowest BCUT2D eigenvalue weighted by atomic mass is 10.2. The largest absolute Gasteiger partial charge is 0.508 e. The van der Waals surface area contributed by atoms with E-state index in [9.17, 15) is 5.11 Å². The zero-order valence-electron chi connectivity index (χ0n) is 7.09. The van der Waals surface area contributed by atoms with Gasteiger partial charge in [-0.25, -0.2) is 4.98 Å². The predicted octanol–water partition coefficient (Wildman–Crippen LogP) is 1.64. The van der Waals surface area contributed by atoms with E-state index in [1.807, 2.05) is 29.0 Å². The molecule has 3 nitrogen and oxygen atoms in total. The number of rotatable bonds is 2. The van der Waals surface area contributed by atoms with Crippen molar-refractivity contribution in [3.63, 3.8) is 0 Å². The van der Waals surface area contributed by atoms with Crippen molar-refractivity contribution in [2.75, 3.05) is 0 Å². The van der Waals surface area contributed by atoms with Crippen LogP contribution in [-0.2, 0) is 6.54 Å². The highest BCUT2D eigenvalue weighted by atomic mass is 16.3. The number of imidazole rings is 1. The first-order chi connectivity index (χ1) is 6.36. The van der Waals surface area contributed by atoms with Gasteiger partial charge in [0.2, 0.25) is 0 Å². The van der Waals surface area contributed by atoms with Crippen LogP contribution in [0.4, 0.5) is 0 Å². The molecule has 3 heteroatoms. The highest BCUT2D eigenvalue weighted by Crippen LogP contribution is 2.16. The van der Waals surface area contributed by atoms with Gasteiger partial charge in [-0.2, -0.15) is 0 Å². The van der Waals surface area contributed by atoms with Crippen molar-refractivity contribution in [3.8, 4) is 5.75 Å². The van der Waals surface area contributed by atoms with Gasteiger partial charge in [-0.05, 0) is 6.07 Å². The average Bonchev–Trinajstić information content (AvgIpc) is 2.61. The molecule has 0 aliphatic rings. The molecule has 1 aromatic carbocycles. The van der Waals surface area contributed by atoms with Gasteiger partial charge in [-0.15, -0.1) is 0 Å². The molecule has 0 atom stereocenters. The van der Waals surface area contributed by atoms with Crippen molar-refractivity contribution in [2.24, 2.45) is 0 Å². The molecular weight excluding hydrogens is 164 g/mol. The first-order valence-corrected chi connectivity index (χ1v) is 4.09. The third-order valence-electron chi connectivity index (χ3n) is 1.90. The summed E-state index contributed by atoms with van der Waals surface area (Å²) in [6.45, 7) is 0.659. The zero-order chi connectivity index (χ0) is 9.10. The molecule has 2 rings (SSSR count). The summed E-state index contributed by atoms with van der Waals surface area (Å²) >= 11 is 0. The Morgan fingerprint density at radius 1 is 1.31 bits per heavy atom. The molecule has 1 aromatic heterocycles. The molecule has 1 heterocycles. The monoisotopic (exact) mass is 174 g/mol. The summed E-state index contributed by atoms with van der Waals surface area (Å²) in [5.74, 6) is 0.330. The lowest BCUT2D eigenvalue weighted by molar-refractivity contribution is 0.466. The number of phenols is 1. The molecule has 0 bridgehead atoms. The van der Waals surface area contributed by atoms with Gasteiger partial charge >= 0.3 is 0 Å². The van der Waals surface area contributed by atoms with Crippen LogP contribution in [0.2, 0.25) is 0 Å². The fourth-order valence-electron chi connectivity index (χ4n) is 1.22. The van der Waals surface area contributed by atoms with Crippen molar-refractivity contribution in [2.45, 2.75) is 6.54 Å². The van der Waals surface area contributed by atoms with Crippen LogP contribution in [0, 0.1) is 0 Å². The van der Waals surface area contributed by atoms with Gasteiger partial charge in [0.15, 0.2) is 0 Å². The first kappa shape index (κ1) is 7.86. The lowest BCUT2D eigenvalue weighted by Gasteiger charge is -2.03. The summed E-state index contributed by atoms with van der Waals surface area (Å²) in [5.41, 5.74) is 0.903. The molecule has 66 valence electrons. The number of aromatic nitrogens is 2. The first-order valence-electron chi connectivity index (χ1n) is 4.09. The summed E-state index contributed by atoms with van der Waals surface area (Å²) < 4.78 is 1.91. The predicted molar refractivity (Wildman–Crippen MR) is 49.4 cm³/mol. The maximum Gasteiger partial charge on any atom is 0.120 e. The normalized spacial score (nSPS) is 10.2. The minimum absolute atomic E-state index is 0.330. The molecule has 0 saturated carbocycles. The van der Waals surface area contributed by atoms with Crippen molar-refractivity contribution in [3.05, 3.63) is 48.5 Å². The number of para-hydroxylation sites is 1. The van der Waals surface area contributed by atoms with Crippen molar-refractivity contribution in [1.82, 2.24) is 9.55 Å². The number of phenolic OH excluding ortho intramolecular Hbond substituents is 1. The third-order valence-corrected chi connectivity index (χ3v) is 1.90. The standard InChI is InChI=1S/C10H10N2O/c13-10-4-2-1-3-9(10)7-12-6-5-11-8-12/h1-6,8,13H,7H2. The molecule has 0 radical (unpaired) electrons. The van der Waals surface area contributed by atoms with Crippen molar-refractivity contribution < 1.29 is 5.11 Å². The Hall–Kier alpha value is -1.77. The van der Waals surface area contributed by atoms with E-state index in [-0.39, 0.29) is 0 Å². The Morgan fingerprint density at radius 2 is 2.15 bits per heavy atom. The molecule has 0 fully saturated rings. The van der Waals surface area contributed by atoms with Gasteiger partial charge in [-0.3, -0.25) is 0 Å². The van der Waals surface area contributed by atoms with Crippen LogP contribution in [0.5, 0.6) is 5.75 Å². The highest BCUT2D eigenvalue weighted by Gasteiger charge is 1.98. The third kappa shape index (κ3) is 1.69. The molecule has 0 spiro atoms. The maximum absolute atomic E-state index is 9.48. The van der Waals surface area contributed by atoms with E-state index in [4.69, 9.17) is 0 Å². The van der Waals surface area contributed by atoms with Gasteiger partial charge in [0.05, 0.1) is 12.9 Å². The van der Waals surface area contributed by atoms with E-state index < -0.39 is 0 Å². The van der Waals surface area contributed by atoms with E-state index in [1.54, 1.807) is 18.6 Å². The highest BCUT2D eigenvalue weighted by molar-refractivity contribution is 5.31. The molecule has 0 unspecified atom stereocenters. The molecule has 0 aliphatic carbocycles. The molecule has 0 aliphatic heterocycles. The zero-order valence-corrected chi connectivity index (χ0v) is 7.09. The number of nitrogens with zero attached hydrogens (tertiary/aromatic N) is 2. The Labute approximate surface area is 76.3 Å². The smallest absolute Gasteiger partial charge is 0.120 e. The number of benzene rings is 1. The number of hydrogen-bond donors (Lipinski definition) is 1. The van der Waals surface area contributed by atoms with Gasteiger partial charge < -0.3 is 9.67 Å². The van der Waals surface area contributed by atoms with Crippen LogP contribution in [-0.4, -0.2) is 14.7 Å². The van der Waals surface area contributed by atoms with E-state index in [2.05, 4.69) is 4.98 Å². The van der Waals surface area contributed by atoms with Gasteiger partial charge in [0.1, 0.15) is 5.75 Å². The van der Waals surface area contributed by atoms with Gasteiger partial charge in [0, 0.05) is 18.0 Å². The molecular formula is C10H10N2O. The average molecular weight is 174 g/mol. The van der Waals surface area contributed by atoms with Crippen LogP contribution < -0.4 is 0 Å². The number of hydrogen-bond acceptors (Lipinski definition) is 2. The van der Waals surface area contributed by atoms with E-state index in [0.29, 0.717) is 12.3 Å². The molecule has 1 N–H and O–H groups in total. The minimum Gasteiger partial charge on any atom is -0.508 e. The summed E-state index contributed by atoms with van der Waals surface area (Å²) in [6.07, 6.45) is 5.32. The van der Waals surface area contributed by atoms with Crippen LogP contribution in [0.1, 0.15) is 5.56 Å². The van der Waals surface area contributed by atoms with Crippen LogP contribution >= 0.6 is 0 Å². The Balaban J connectivity index is 2.24. The van der Waals surface area contributed by atoms with Crippen LogP contribution in [0.15, 0.2) is 43.0 Å². The Bertz CT molecular complexity index is 382. The maximum atomic E-state index is 9.48. The molecule has 13 heavy (non-hydrogen) atoms. The van der Waals surface area contributed by atoms with E-state index in [1.165, 1.54) is 0 Å². The summed E-state index contributed by atoms with van der Waals surface area (Å²) in [6, 6.07) is 7.31. The topological polar surface area (TPSA) is 38.0 Å². The Kier molecular flexibility index (Phi) is 2.00. The fourth-order valence-corrected chi connectivity index (χ4v) is 1.22. The Morgan fingerprint density at radius 3 is 2.85 bits per heavy atom. The summed E-state index contributed by atoms with van der Waals surface area (Å²) in [4.78, 5) is 3.93. The fraction of sp³-hybridized carbons (Fsp3) is 0.100. The minimum atomic E-state index is 0.330. The summed E-state index contributed by atoms with van der Waals surface area (Å²) in [5, 5.41) is 9.48. The van der Waals surface area contributed by atoms with Crippen molar-refractivity contribution >= 4 is 0 Å². The second-order valence-corrected chi connectivity index (χ2v) is 2.86. The van der Waals surface area contributed by atoms with E-state index in [0.717, 1.165) is 5.56 Å². The lowest BCUT2D eigenvalue weighted by Crippen LogP contribution is -1.95. The SMILES string of the molecule is Oc1ccccc1Cn1ccnc1. The quantitative estimate of drug-likeness (QED) is 0.751. The molecule has 0 amide bonds. The molecule has 2 aromatic rings. The second kappa shape index (κ2) is 3.31. The van der Waals surface area contributed by atoms with Crippen LogP contribution in [0.25, 0.3) is 0 Å². The van der Waals surface area contributed by atoms with Gasteiger partial charge in [0.25, 0.3) is 0 Å². The van der Waals surface area contributed by atoms with Crippen LogP contribution in [0.3, 0.4) is 0 Å².